The summed E-state index contributed by atoms with van der Waals surface area (Å²) in [5.41, 5.74) is 0.273. The van der Waals surface area contributed by atoms with Gasteiger partial charge in [0.1, 0.15) is 0 Å². The number of nitrogens with zero attached hydrogens (tertiary/aromatic N) is 1. The third-order valence-electron chi connectivity index (χ3n) is 3.80. The Hall–Kier alpha value is 0.170. The molecule has 4 heteroatoms. The Balaban J connectivity index is 1.95. The van der Waals surface area contributed by atoms with Crippen molar-refractivity contribution in [3.05, 3.63) is 0 Å². The molecule has 0 aromatic rings. The first-order valence-electron chi connectivity index (χ1n) is 6.77. The Bertz CT molecular complexity index is 293. The van der Waals surface area contributed by atoms with Gasteiger partial charge in [-0.15, -0.1) is 0 Å². The highest BCUT2D eigenvalue weighted by molar-refractivity contribution is 8.14. The van der Waals surface area contributed by atoms with Crippen molar-refractivity contribution >= 4 is 28.7 Å². The van der Waals surface area contributed by atoms with Gasteiger partial charge in [-0.05, 0) is 31.9 Å². The number of rotatable bonds is 4. The fraction of sp³-hybridized carbons (Fsp3) is 0.923. The Labute approximate surface area is 114 Å². The number of thioether (sulfide) groups is 2. The summed E-state index contributed by atoms with van der Waals surface area (Å²) in [5, 5.41) is 5.57. The van der Waals surface area contributed by atoms with Crippen LogP contribution in [-0.2, 0) is 0 Å². The van der Waals surface area contributed by atoms with Gasteiger partial charge in [-0.2, -0.15) is 11.8 Å². The van der Waals surface area contributed by atoms with Gasteiger partial charge in [-0.1, -0.05) is 32.0 Å². The highest BCUT2D eigenvalue weighted by Crippen LogP contribution is 2.34. The Morgan fingerprint density at radius 2 is 2.29 bits per heavy atom. The zero-order valence-electron chi connectivity index (χ0n) is 11.2. The third-order valence-corrected chi connectivity index (χ3v) is 6.37. The molecule has 98 valence electrons. The molecule has 1 saturated carbocycles. The van der Waals surface area contributed by atoms with Crippen molar-refractivity contribution in [2.24, 2.45) is 4.99 Å². The van der Waals surface area contributed by atoms with E-state index in [-0.39, 0.29) is 5.54 Å². The molecule has 2 nitrogen and oxygen atoms in total. The normalized spacial score (nSPS) is 39.8. The molecule has 1 heterocycles. The zero-order valence-corrected chi connectivity index (χ0v) is 12.8. The lowest BCUT2D eigenvalue weighted by Gasteiger charge is -2.21. The molecular formula is C13H24N2S2. The summed E-state index contributed by atoms with van der Waals surface area (Å²) in [6.45, 7) is 6.81. The number of hydrogen-bond acceptors (Lipinski definition) is 3. The maximum atomic E-state index is 4.97. The standard InChI is InChI=1S/C13H24N2S2/c1-4-13(3)9-17-12(15-13)14-10-7-6-8-11(10)16-5-2/h10-11H,4-9H2,1-3H3,(H,14,15). The maximum Gasteiger partial charge on any atom is 0.157 e. The average molecular weight is 272 g/mol. The summed E-state index contributed by atoms with van der Waals surface area (Å²) < 4.78 is 0. The second-order valence-corrected chi connectivity index (χ2v) is 7.73. The van der Waals surface area contributed by atoms with E-state index in [9.17, 15) is 0 Å². The average Bonchev–Trinajstić information content (AvgIpc) is 2.89. The molecule has 1 aliphatic carbocycles. The number of nitrogens with one attached hydrogen (secondary N) is 1. The second kappa shape index (κ2) is 5.87. The monoisotopic (exact) mass is 272 g/mol. The Kier molecular flexibility index (Phi) is 4.70. The van der Waals surface area contributed by atoms with Gasteiger partial charge in [0.2, 0.25) is 0 Å². The van der Waals surface area contributed by atoms with Gasteiger partial charge in [0.25, 0.3) is 0 Å². The molecule has 0 amide bonds. The van der Waals surface area contributed by atoms with E-state index in [0.29, 0.717) is 6.04 Å². The van der Waals surface area contributed by atoms with Crippen molar-refractivity contribution < 1.29 is 0 Å². The predicted molar refractivity (Wildman–Crippen MR) is 81.3 cm³/mol. The summed E-state index contributed by atoms with van der Waals surface area (Å²) >= 11 is 4.00. The highest BCUT2D eigenvalue weighted by Gasteiger charge is 2.33. The van der Waals surface area contributed by atoms with E-state index in [4.69, 9.17) is 4.99 Å². The summed E-state index contributed by atoms with van der Waals surface area (Å²) in [4.78, 5) is 4.97. The summed E-state index contributed by atoms with van der Waals surface area (Å²) in [7, 11) is 0. The topological polar surface area (TPSA) is 24.4 Å². The van der Waals surface area contributed by atoms with E-state index in [1.165, 1.54) is 42.4 Å². The van der Waals surface area contributed by atoms with Crippen LogP contribution in [0.2, 0.25) is 0 Å². The first-order valence-corrected chi connectivity index (χ1v) is 8.80. The fourth-order valence-corrected chi connectivity index (χ4v) is 4.87. The lowest BCUT2D eigenvalue weighted by atomic mass is 10.0. The number of hydrogen-bond donors (Lipinski definition) is 1. The van der Waals surface area contributed by atoms with Gasteiger partial charge in [0.15, 0.2) is 5.17 Å². The predicted octanol–water partition coefficient (Wildman–Crippen LogP) is 3.52. The van der Waals surface area contributed by atoms with Crippen LogP contribution in [0.15, 0.2) is 4.99 Å². The van der Waals surface area contributed by atoms with Crippen molar-refractivity contribution in [1.82, 2.24) is 5.32 Å². The van der Waals surface area contributed by atoms with E-state index in [2.05, 4.69) is 37.8 Å². The van der Waals surface area contributed by atoms with Gasteiger partial charge in [-0.3, -0.25) is 4.99 Å². The lowest BCUT2D eigenvalue weighted by Crippen LogP contribution is -2.40. The molecule has 3 unspecified atom stereocenters. The highest BCUT2D eigenvalue weighted by atomic mass is 32.2. The van der Waals surface area contributed by atoms with Crippen molar-refractivity contribution in [2.75, 3.05) is 11.5 Å². The van der Waals surface area contributed by atoms with Crippen LogP contribution in [0, 0.1) is 0 Å². The van der Waals surface area contributed by atoms with E-state index >= 15 is 0 Å². The summed E-state index contributed by atoms with van der Waals surface area (Å²) in [6, 6.07) is 0.564. The molecule has 2 fully saturated rings. The number of amidine groups is 1. The molecule has 17 heavy (non-hydrogen) atoms. The van der Waals surface area contributed by atoms with E-state index in [1.54, 1.807) is 0 Å². The van der Waals surface area contributed by atoms with Crippen LogP contribution in [0.25, 0.3) is 0 Å². The quantitative estimate of drug-likeness (QED) is 0.847. The maximum absolute atomic E-state index is 4.97. The van der Waals surface area contributed by atoms with E-state index in [0.717, 1.165) is 5.25 Å². The molecule has 2 aliphatic rings. The molecule has 1 N–H and O–H groups in total. The van der Waals surface area contributed by atoms with Gasteiger partial charge >= 0.3 is 0 Å². The Morgan fingerprint density at radius 3 is 2.94 bits per heavy atom. The van der Waals surface area contributed by atoms with Crippen LogP contribution in [0.1, 0.15) is 46.5 Å². The van der Waals surface area contributed by atoms with Crippen molar-refractivity contribution in [2.45, 2.75) is 63.3 Å². The van der Waals surface area contributed by atoms with Gasteiger partial charge in [-0.25, -0.2) is 0 Å². The minimum absolute atomic E-state index is 0.273. The summed E-state index contributed by atoms with van der Waals surface area (Å²) in [6.07, 6.45) is 5.17. The second-order valence-electron chi connectivity index (χ2n) is 5.25. The molecule has 0 aromatic heterocycles. The van der Waals surface area contributed by atoms with Crippen LogP contribution < -0.4 is 5.32 Å². The van der Waals surface area contributed by atoms with Crippen LogP contribution in [0.5, 0.6) is 0 Å². The van der Waals surface area contributed by atoms with E-state index in [1.807, 2.05) is 11.8 Å². The molecule has 3 atom stereocenters. The molecule has 0 bridgehead atoms. The largest absolute Gasteiger partial charge is 0.359 e. The molecule has 0 spiro atoms. The number of aliphatic imine (C=N–C) groups is 1. The molecule has 1 saturated heterocycles. The van der Waals surface area contributed by atoms with Crippen LogP contribution in [-0.4, -0.2) is 33.5 Å². The summed E-state index contributed by atoms with van der Waals surface area (Å²) in [5.74, 6) is 2.39. The first-order chi connectivity index (χ1) is 8.17. The van der Waals surface area contributed by atoms with Crippen molar-refractivity contribution in [3.8, 4) is 0 Å². The zero-order chi connectivity index (χ0) is 12.3. The molecule has 0 radical (unpaired) electrons. The van der Waals surface area contributed by atoms with Gasteiger partial charge in [0, 0.05) is 16.5 Å². The molecule has 0 aromatic carbocycles. The SMILES string of the molecule is CCSC1CCCC1N=C1NC(C)(CC)CS1. The Morgan fingerprint density at radius 1 is 1.47 bits per heavy atom. The lowest BCUT2D eigenvalue weighted by molar-refractivity contribution is 0.465. The van der Waals surface area contributed by atoms with Gasteiger partial charge < -0.3 is 5.32 Å². The van der Waals surface area contributed by atoms with Crippen LogP contribution in [0.3, 0.4) is 0 Å². The molecular weight excluding hydrogens is 248 g/mol. The van der Waals surface area contributed by atoms with Gasteiger partial charge in [0.05, 0.1) is 6.04 Å². The van der Waals surface area contributed by atoms with Crippen LogP contribution in [0.4, 0.5) is 0 Å². The van der Waals surface area contributed by atoms with E-state index < -0.39 is 0 Å². The van der Waals surface area contributed by atoms with Crippen molar-refractivity contribution in [3.63, 3.8) is 0 Å². The molecule has 1 aliphatic heterocycles. The smallest absolute Gasteiger partial charge is 0.157 e. The fourth-order valence-electron chi connectivity index (χ4n) is 2.43. The van der Waals surface area contributed by atoms with Crippen LogP contribution >= 0.6 is 23.5 Å². The minimum atomic E-state index is 0.273. The van der Waals surface area contributed by atoms with Crippen molar-refractivity contribution in [1.29, 1.82) is 0 Å². The first kappa shape index (κ1) is 13.6. The third kappa shape index (κ3) is 3.34. The molecule has 2 rings (SSSR count). The minimum Gasteiger partial charge on any atom is -0.359 e.